The summed E-state index contributed by atoms with van der Waals surface area (Å²) in [7, 11) is 0. The van der Waals surface area contributed by atoms with Gasteiger partial charge in [0, 0.05) is 19.2 Å². The van der Waals surface area contributed by atoms with Crippen molar-refractivity contribution in [2.75, 3.05) is 0 Å². The van der Waals surface area contributed by atoms with Gasteiger partial charge in [0.25, 0.3) is 0 Å². The van der Waals surface area contributed by atoms with Crippen LogP contribution in [-0.4, -0.2) is 31.7 Å². The van der Waals surface area contributed by atoms with E-state index < -0.39 is 11.7 Å². The summed E-state index contributed by atoms with van der Waals surface area (Å²) in [6, 6.07) is 0. The Morgan fingerprint density at radius 3 is 2.56 bits per heavy atom. The molecule has 1 aliphatic rings. The Morgan fingerprint density at radius 1 is 1.33 bits per heavy atom. The number of aliphatic hydroxyl groups excluding tert-OH is 1. The van der Waals surface area contributed by atoms with E-state index in [0.717, 1.165) is 37.8 Å². The van der Waals surface area contributed by atoms with Crippen LogP contribution >= 0.6 is 0 Å². The summed E-state index contributed by atoms with van der Waals surface area (Å²) in [6.45, 7) is 2.87. The SMILES string of the molecule is CCn1cc(CC(O)C2(O)CCCCCC2)cn1. The molecule has 0 radical (unpaired) electrons. The summed E-state index contributed by atoms with van der Waals surface area (Å²) >= 11 is 0. The zero-order chi connectivity index (χ0) is 13.0. The highest BCUT2D eigenvalue weighted by atomic mass is 16.3. The summed E-state index contributed by atoms with van der Waals surface area (Å²) in [5.41, 5.74) is 0.104. The summed E-state index contributed by atoms with van der Waals surface area (Å²) < 4.78 is 1.85. The Labute approximate surface area is 109 Å². The van der Waals surface area contributed by atoms with Crippen LogP contribution in [0.25, 0.3) is 0 Å². The molecule has 0 spiro atoms. The van der Waals surface area contributed by atoms with E-state index in [0.29, 0.717) is 6.42 Å². The van der Waals surface area contributed by atoms with Crippen molar-refractivity contribution in [1.29, 1.82) is 0 Å². The van der Waals surface area contributed by atoms with Gasteiger partial charge in [0.15, 0.2) is 0 Å². The number of aromatic nitrogens is 2. The van der Waals surface area contributed by atoms with E-state index in [9.17, 15) is 10.2 Å². The molecule has 1 fully saturated rings. The number of aryl methyl sites for hydroxylation is 1. The first-order valence-electron chi connectivity index (χ1n) is 7.06. The van der Waals surface area contributed by atoms with E-state index in [4.69, 9.17) is 0 Å². The zero-order valence-electron chi connectivity index (χ0n) is 11.2. The Kier molecular flexibility index (Phi) is 4.40. The molecular weight excluding hydrogens is 228 g/mol. The lowest BCUT2D eigenvalue weighted by molar-refractivity contribution is -0.0836. The van der Waals surface area contributed by atoms with Crippen molar-refractivity contribution in [3.63, 3.8) is 0 Å². The van der Waals surface area contributed by atoms with Crippen molar-refractivity contribution >= 4 is 0 Å². The fraction of sp³-hybridized carbons (Fsp3) is 0.786. The molecule has 102 valence electrons. The highest BCUT2D eigenvalue weighted by Crippen LogP contribution is 2.31. The zero-order valence-corrected chi connectivity index (χ0v) is 11.2. The summed E-state index contributed by atoms with van der Waals surface area (Å²) in [5, 5.41) is 25.1. The second-order valence-corrected chi connectivity index (χ2v) is 5.44. The van der Waals surface area contributed by atoms with E-state index in [-0.39, 0.29) is 0 Å². The molecule has 4 nitrogen and oxygen atoms in total. The molecule has 1 atom stereocenters. The first-order valence-corrected chi connectivity index (χ1v) is 7.06. The Bertz CT molecular complexity index is 368. The van der Waals surface area contributed by atoms with Crippen LogP contribution in [0.15, 0.2) is 12.4 Å². The van der Waals surface area contributed by atoms with Crippen LogP contribution in [0.4, 0.5) is 0 Å². The van der Waals surface area contributed by atoms with Gasteiger partial charge in [-0.15, -0.1) is 0 Å². The van der Waals surface area contributed by atoms with Crippen LogP contribution in [0, 0.1) is 0 Å². The number of aliphatic hydroxyl groups is 2. The second kappa shape index (κ2) is 5.85. The lowest BCUT2D eigenvalue weighted by Gasteiger charge is -2.31. The van der Waals surface area contributed by atoms with Crippen molar-refractivity contribution in [1.82, 2.24) is 9.78 Å². The monoisotopic (exact) mass is 252 g/mol. The molecule has 4 heteroatoms. The van der Waals surface area contributed by atoms with Gasteiger partial charge in [-0.25, -0.2) is 0 Å². The minimum Gasteiger partial charge on any atom is -0.390 e. The topological polar surface area (TPSA) is 58.3 Å². The van der Waals surface area contributed by atoms with Crippen LogP contribution < -0.4 is 0 Å². The van der Waals surface area contributed by atoms with Crippen molar-refractivity contribution in [2.45, 2.75) is 70.1 Å². The van der Waals surface area contributed by atoms with Crippen LogP contribution in [0.1, 0.15) is 51.0 Å². The molecule has 2 N–H and O–H groups in total. The van der Waals surface area contributed by atoms with Gasteiger partial charge < -0.3 is 10.2 Å². The smallest absolute Gasteiger partial charge is 0.0908 e. The van der Waals surface area contributed by atoms with E-state index in [1.54, 1.807) is 6.20 Å². The number of hydrogen-bond acceptors (Lipinski definition) is 3. The second-order valence-electron chi connectivity index (χ2n) is 5.44. The summed E-state index contributed by atoms with van der Waals surface area (Å²) in [6.07, 6.45) is 9.36. The highest BCUT2D eigenvalue weighted by molar-refractivity contribution is 5.08. The first-order chi connectivity index (χ1) is 8.64. The molecule has 18 heavy (non-hydrogen) atoms. The molecule has 1 heterocycles. The van der Waals surface area contributed by atoms with Crippen molar-refractivity contribution < 1.29 is 10.2 Å². The van der Waals surface area contributed by atoms with E-state index in [1.165, 1.54) is 12.8 Å². The van der Waals surface area contributed by atoms with Gasteiger partial charge >= 0.3 is 0 Å². The Balaban J connectivity index is 1.98. The van der Waals surface area contributed by atoms with Gasteiger partial charge in [-0.3, -0.25) is 4.68 Å². The van der Waals surface area contributed by atoms with Crippen molar-refractivity contribution in [3.05, 3.63) is 18.0 Å². The van der Waals surface area contributed by atoms with Crippen LogP contribution in [0.5, 0.6) is 0 Å². The average Bonchev–Trinajstić information content (AvgIpc) is 2.69. The minimum atomic E-state index is -0.898. The van der Waals surface area contributed by atoms with Gasteiger partial charge in [-0.2, -0.15) is 5.10 Å². The van der Waals surface area contributed by atoms with Gasteiger partial charge in [-0.05, 0) is 25.3 Å². The summed E-state index contributed by atoms with van der Waals surface area (Å²) in [4.78, 5) is 0. The third kappa shape index (κ3) is 3.12. The molecule has 1 saturated carbocycles. The molecule has 1 aliphatic carbocycles. The van der Waals surface area contributed by atoms with Gasteiger partial charge in [0.2, 0.25) is 0 Å². The number of nitrogens with zero attached hydrogens (tertiary/aromatic N) is 2. The minimum absolute atomic E-state index is 0.497. The van der Waals surface area contributed by atoms with Gasteiger partial charge in [0.1, 0.15) is 0 Å². The van der Waals surface area contributed by atoms with Gasteiger partial charge in [-0.1, -0.05) is 25.7 Å². The third-order valence-electron chi connectivity index (χ3n) is 4.03. The molecule has 0 aromatic carbocycles. The molecule has 0 amide bonds. The van der Waals surface area contributed by atoms with Gasteiger partial charge in [0.05, 0.1) is 17.9 Å². The van der Waals surface area contributed by atoms with E-state index in [2.05, 4.69) is 5.10 Å². The molecule has 0 saturated heterocycles. The van der Waals surface area contributed by atoms with Crippen LogP contribution in [0.3, 0.4) is 0 Å². The molecule has 1 unspecified atom stereocenters. The van der Waals surface area contributed by atoms with E-state index in [1.807, 2.05) is 17.8 Å². The molecule has 0 aliphatic heterocycles. The largest absolute Gasteiger partial charge is 0.390 e. The fourth-order valence-corrected chi connectivity index (χ4v) is 2.77. The molecular formula is C14H24N2O2. The molecule has 2 rings (SSSR count). The third-order valence-corrected chi connectivity index (χ3v) is 4.03. The maximum absolute atomic E-state index is 10.6. The molecule has 1 aromatic heterocycles. The maximum atomic E-state index is 10.6. The van der Waals surface area contributed by atoms with Crippen molar-refractivity contribution in [2.24, 2.45) is 0 Å². The number of hydrogen-bond donors (Lipinski definition) is 2. The maximum Gasteiger partial charge on any atom is 0.0908 e. The normalized spacial score (nSPS) is 21.5. The standard InChI is InChI=1S/C14H24N2O2/c1-2-16-11-12(10-15-16)9-13(17)14(18)7-5-3-4-6-8-14/h10-11,13,17-18H,2-9H2,1H3. The first kappa shape index (κ1) is 13.6. The van der Waals surface area contributed by atoms with Crippen LogP contribution in [0.2, 0.25) is 0 Å². The lowest BCUT2D eigenvalue weighted by Crippen LogP contribution is -2.43. The molecule has 1 aromatic rings. The van der Waals surface area contributed by atoms with Crippen molar-refractivity contribution in [3.8, 4) is 0 Å². The predicted octanol–water partition coefficient (Wildman–Crippen LogP) is 1.89. The van der Waals surface area contributed by atoms with E-state index >= 15 is 0 Å². The Hall–Kier alpha value is -0.870. The average molecular weight is 252 g/mol. The Morgan fingerprint density at radius 2 is 2.00 bits per heavy atom. The van der Waals surface area contributed by atoms with Crippen LogP contribution in [-0.2, 0) is 13.0 Å². The highest BCUT2D eigenvalue weighted by Gasteiger charge is 2.35. The molecule has 0 bridgehead atoms. The lowest BCUT2D eigenvalue weighted by atomic mass is 9.85. The fourth-order valence-electron chi connectivity index (χ4n) is 2.77. The number of rotatable bonds is 4. The quantitative estimate of drug-likeness (QED) is 0.805. The predicted molar refractivity (Wildman–Crippen MR) is 70.3 cm³/mol. The summed E-state index contributed by atoms with van der Waals surface area (Å²) in [5.74, 6) is 0.